The van der Waals surface area contributed by atoms with Crippen LogP contribution in [0.2, 0.25) is 0 Å². The topological polar surface area (TPSA) is 43.2 Å². The molecule has 1 aromatic rings. The molecule has 0 amide bonds. The van der Waals surface area contributed by atoms with Crippen LogP contribution in [0.5, 0.6) is 11.5 Å². The molecule has 0 aliphatic carbocycles. The second kappa shape index (κ2) is 4.45. The van der Waals surface area contributed by atoms with Gasteiger partial charge in [0.2, 0.25) is 0 Å². The van der Waals surface area contributed by atoms with Crippen LogP contribution in [0.15, 0.2) is 28.4 Å². The van der Waals surface area contributed by atoms with Gasteiger partial charge in [0.25, 0.3) is 0 Å². The molecule has 1 aromatic carbocycles. The second-order valence-electron chi connectivity index (χ2n) is 2.34. The van der Waals surface area contributed by atoms with E-state index in [1.165, 1.54) is 0 Å². The molecule has 0 N–H and O–H groups in total. The SMILES string of the molecule is C/N=N/c1cc(OC)ccc1OC. The number of nitrogens with zero attached hydrogens (tertiary/aromatic N) is 2. The highest BCUT2D eigenvalue weighted by Gasteiger charge is 2.02. The third-order valence-electron chi connectivity index (χ3n) is 1.59. The van der Waals surface area contributed by atoms with Crippen molar-refractivity contribution in [2.75, 3.05) is 21.3 Å². The van der Waals surface area contributed by atoms with Crippen molar-refractivity contribution in [3.05, 3.63) is 18.2 Å². The Bertz CT molecular complexity index is 310. The highest BCUT2D eigenvalue weighted by atomic mass is 16.5. The van der Waals surface area contributed by atoms with Gasteiger partial charge in [-0.1, -0.05) is 0 Å². The average molecular weight is 180 g/mol. The zero-order valence-corrected chi connectivity index (χ0v) is 7.94. The molecule has 0 saturated heterocycles. The van der Waals surface area contributed by atoms with Crippen molar-refractivity contribution in [3.63, 3.8) is 0 Å². The van der Waals surface area contributed by atoms with Crippen molar-refractivity contribution in [2.45, 2.75) is 0 Å². The Hall–Kier alpha value is -1.58. The molecule has 0 heterocycles. The molecule has 0 aromatic heterocycles. The van der Waals surface area contributed by atoms with Gasteiger partial charge in [0, 0.05) is 13.1 Å². The highest BCUT2D eigenvalue weighted by molar-refractivity contribution is 5.55. The number of rotatable bonds is 3. The standard InChI is InChI=1S/C9H12N2O2/c1-10-11-8-6-7(12-2)4-5-9(8)13-3/h4-6H,1-3H3/b11-10+. The van der Waals surface area contributed by atoms with Gasteiger partial charge in [-0.15, -0.1) is 0 Å². The lowest BCUT2D eigenvalue weighted by Crippen LogP contribution is -1.85. The van der Waals surface area contributed by atoms with Crippen molar-refractivity contribution in [1.82, 2.24) is 0 Å². The van der Waals surface area contributed by atoms with E-state index in [9.17, 15) is 0 Å². The van der Waals surface area contributed by atoms with E-state index in [-0.39, 0.29) is 0 Å². The Morgan fingerprint density at radius 1 is 1.15 bits per heavy atom. The number of hydrogen-bond acceptors (Lipinski definition) is 4. The molecule has 0 unspecified atom stereocenters. The predicted octanol–water partition coefficient (Wildman–Crippen LogP) is 2.42. The largest absolute Gasteiger partial charge is 0.497 e. The van der Waals surface area contributed by atoms with Gasteiger partial charge in [0.15, 0.2) is 0 Å². The fourth-order valence-corrected chi connectivity index (χ4v) is 0.983. The molecule has 0 radical (unpaired) electrons. The molecular weight excluding hydrogens is 168 g/mol. The average Bonchev–Trinajstić information content (AvgIpc) is 2.18. The lowest BCUT2D eigenvalue weighted by molar-refractivity contribution is 0.404. The number of benzene rings is 1. The summed E-state index contributed by atoms with van der Waals surface area (Å²) in [5.74, 6) is 1.43. The first kappa shape index (κ1) is 9.51. The van der Waals surface area contributed by atoms with E-state index in [1.807, 2.05) is 6.07 Å². The second-order valence-corrected chi connectivity index (χ2v) is 2.34. The number of methoxy groups -OCH3 is 2. The first-order valence-electron chi connectivity index (χ1n) is 3.83. The van der Waals surface area contributed by atoms with E-state index in [0.717, 1.165) is 5.75 Å². The maximum Gasteiger partial charge on any atom is 0.146 e. The van der Waals surface area contributed by atoms with Crippen LogP contribution in [-0.4, -0.2) is 21.3 Å². The van der Waals surface area contributed by atoms with Crippen LogP contribution in [0, 0.1) is 0 Å². The lowest BCUT2D eigenvalue weighted by atomic mass is 10.3. The van der Waals surface area contributed by atoms with Crippen LogP contribution in [0.3, 0.4) is 0 Å². The molecule has 0 fully saturated rings. The summed E-state index contributed by atoms with van der Waals surface area (Å²) in [4.78, 5) is 0. The molecule has 13 heavy (non-hydrogen) atoms. The smallest absolute Gasteiger partial charge is 0.146 e. The normalized spacial score (nSPS) is 10.4. The maximum atomic E-state index is 5.09. The molecule has 4 nitrogen and oxygen atoms in total. The summed E-state index contributed by atoms with van der Waals surface area (Å²) < 4.78 is 10.1. The molecule has 1 rings (SSSR count). The summed E-state index contributed by atoms with van der Waals surface area (Å²) in [6, 6.07) is 5.38. The Morgan fingerprint density at radius 3 is 2.46 bits per heavy atom. The van der Waals surface area contributed by atoms with Gasteiger partial charge >= 0.3 is 0 Å². The van der Waals surface area contributed by atoms with Crippen molar-refractivity contribution in [3.8, 4) is 11.5 Å². The summed E-state index contributed by atoms with van der Waals surface area (Å²) in [7, 11) is 4.81. The van der Waals surface area contributed by atoms with E-state index in [0.29, 0.717) is 11.4 Å². The van der Waals surface area contributed by atoms with Gasteiger partial charge < -0.3 is 9.47 Å². The third-order valence-corrected chi connectivity index (χ3v) is 1.59. The predicted molar refractivity (Wildman–Crippen MR) is 50.0 cm³/mol. The summed E-state index contributed by atoms with van der Waals surface area (Å²) in [5, 5.41) is 7.59. The molecule has 0 saturated carbocycles. The zero-order chi connectivity index (χ0) is 9.68. The van der Waals surface area contributed by atoms with Crippen molar-refractivity contribution in [1.29, 1.82) is 0 Å². The minimum atomic E-state index is 0.671. The van der Waals surface area contributed by atoms with E-state index >= 15 is 0 Å². The van der Waals surface area contributed by atoms with Gasteiger partial charge in [-0.05, 0) is 12.1 Å². The molecule has 0 aliphatic rings. The monoisotopic (exact) mass is 180 g/mol. The van der Waals surface area contributed by atoms with Gasteiger partial charge in [0.1, 0.15) is 17.2 Å². The van der Waals surface area contributed by atoms with Crippen LogP contribution >= 0.6 is 0 Å². The summed E-state index contributed by atoms with van der Waals surface area (Å²) in [6.45, 7) is 0. The Kier molecular flexibility index (Phi) is 3.25. The van der Waals surface area contributed by atoms with E-state index < -0.39 is 0 Å². The molecular formula is C9H12N2O2. The van der Waals surface area contributed by atoms with E-state index in [1.54, 1.807) is 33.4 Å². The maximum absolute atomic E-state index is 5.09. The van der Waals surface area contributed by atoms with Gasteiger partial charge in [-0.2, -0.15) is 10.2 Å². The van der Waals surface area contributed by atoms with Crippen molar-refractivity contribution < 1.29 is 9.47 Å². The first-order valence-corrected chi connectivity index (χ1v) is 3.83. The number of hydrogen-bond donors (Lipinski definition) is 0. The fraction of sp³-hybridized carbons (Fsp3) is 0.333. The molecule has 0 atom stereocenters. The Balaban J connectivity index is 3.09. The molecule has 70 valence electrons. The molecule has 0 spiro atoms. The summed E-state index contributed by atoms with van der Waals surface area (Å²) >= 11 is 0. The van der Waals surface area contributed by atoms with Crippen LogP contribution in [0.4, 0.5) is 5.69 Å². The Morgan fingerprint density at radius 2 is 1.92 bits per heavy atom. The van der Waals surface area contributed by atoms with Crippen molar-refractivity contribution in [2.24, 2.45) is 10.2 Å². The number of ether oxygens (including phenoxy) is 2. The molecule has 0 aliphatic heterocycles. The third kappa shape index (κ3) is 2.18. The minimum absolute atomic E-state index is 0.671. The zero-order valence-electron chi connectivity index (χ0n) is 7.94. The van der Waals surface area contributed by atoms with Crippen molar-refractivity contribution >= 4 is 5.69 Å². The summed E-state index contributed by atoms with van der Waals surface area (Å²) in [5.41, 5.74) is 0.671. The molecule has 4 heteroatoms. The Labute approximate surface area is 77.2 Å². The highest BCUT2D eigenvalue weighted by Crippen LogP contribution is 2.31. The van der Waals surface area contributed by atoms with E-state index in [2.05, 4.69) is 10.2 Å². The van der Waals surface area contributed by atoms with Crippen LogP contribution < -0.4 is 9.47 Å². The number of azo groups is 1. The quantitative estimate of drug-likeness (QED) is 0.670. The lowest BCUT2D eigenvalue weighted by Gasteiger charge is -2.05. The van der Waals surface area contributed by atoms with Gasteiger partial charge in [-0.3, -0.25) is 0 Å². The van der Waals surface area contributed by atoms with Crippen LogP contribution in [0.1, 0.15) is 0 Å². The van der Waals surface area contributed by atoms with Gasteiger partial charge in [0.05, 0.1) is 14.2 Å². The molecule has 0 bridgehead atoms. The van der Waals surface area contributed by atoms with Crippen LogP contribution in [0.25, 0.3) is 0 Å². The van der Waals surface area contributed by atoms with Crippen LogP contribution in [-0.2, 0) is 0 Å². The minimum Gasteiger partial charge on any atom is -0.497 e. The van der Waals surface area contributed by atoms with Gasteiger partial charge in [-0.25, -0.2) is 0 Å². The first-order chi connectivity index (χ1) is 6.31. The van der Waals surface area contributed by atoms with E-state index in [4.69, 9.17) is 9.47 Å². The summed E-state index contributed by atoms with van der Waals surface area (Å²) in [6.07, 6.45) is 0. The fourth-order valence-electron chi connectivity index (χ4n) is 0.983.